The van der Waals surface area contributed by atoms with Gasteiger partial charge in [-0.2, -0.15) is 0 Å². The maximum atomic E-state index is 13.6. The minimum absolute atomic E-state index is 0.0785. The number of carbonyl (C=O) groups is 1. The van der Waals surface area contributed by atoms with Gasteiger partial charge in [-0.1, -0.05) is 42.1 Å². The lowest BCUT2D eigenvalue weighted by molar-refractivity contribution is 0.0287. The van der Waals surface area contributed by atoms with Crippen molar-refractivity contribution in [3.05, 3.63) is 52.9 Å². The molecule has 1 aliphatic heterocycles. The number of aromatic nitrogens is 3. The molecule has 3 aromatic rings. The molecule has 0 aliphatic carbocycles. The Labute approximate surface area is 191 Å². The van der Waals surface area contributed by atoms with Crippen LogP contribution in [0, 0.1) is 5.92 Å². The Kier molecular flexibility index (Phi) is 6.24. The van der Waals surface area contributed by atoms with Gasteiger partial charge in [0.25, 0.3) is 5.56 Å². The normalized spacial score (nSPS) is 16.5. The smallest absolute Gasteiger partial charge is 0.410 e. The summed E-state index contributed by atoms with van der Waals surface area (Å²) in [5.74, 6) is 0.141. The number of fused-ring (bicyclic) bond motifs is 1. The molecule has 8 heteroatoms. The Hall–Kier alpha value is -2.87. The van der Waals surface area contributed by atoms with Crippen LogP contribution in [0.2, 0.25) is 0 Å². The minimum atomic E-state index is -0.530. The second-order valence-electron chi connectivity index (χ2n) is 9.06. The molecule has 1 saturated heterocycles. The Morgan fingerprint density at radius 2 is 2.00 bits per heavy atom. The van der Waals surface area contributed by atoms with E-state index < -0.39 is 5.60 Å². The minimum Gasteiger partial charge on any atom is -0.444 e. The van der Waals surface area contributed by atoms with E-state index in [1.54, 1.807) is 15.7 Å². The van der Waals surface area contributed by atoms with Gasteiger partial charge in [-0.05, 0) is 51.0 Å². The molecule has 1 aliphatic rings. The van der Waals surface area contributed by atoms with Gasteiger partial charge >= 0.3 is 6.09 Å². The molecule has 0 saturated carbocycles. The molecule has 168 valence electrons. The van der Waals surface area contributed by atoms with Gasteiger partial charge in [0, 0.05) is 36.8 Å². The number of amides is 1. The van der Waals surface area contributed by atoms with Crippen LogP contribution in [0.5, 0.6) is 0 Å². The molecule has 1 unspecified atom stereocenters. The number of benzene rings is 1. The van der Waals surface area contributed by atoms with Crippen LogP contribution in [0.1, 0.15) is 27.2 Å². The zero-order valence-corrected chi connectivity index (χ0v) is 19.7. The molecule has 1 amide bonds. The molecule has 4 rings (SSSR count). The van der Waals surface area contributed by atoms with Crippen LogP contribution in [-0.2, 0) is 11.3 Å². The molecule has 2 aromatic heterocycles. The zero-order chi connectivity index (χ0) is 22.9. The highest BCUT2D eigenvalue weighted by Crippen LogP contribution is 2.25. The average molecular weight is 453 g/mol. The third-order valence-electron chi connectivity index (χ3n) is 5.45. The van der Waals surface area contributed by atoms with Crippen LogP contribution in [0.4, 0.5) is 4.79 Å². The molecule has 1 atom stereocenters. The van der Waals surface area contributed by atoms with Crippen LogP contribution in [0.3, 0.4) is 0 Å². The lowest BCUT2D eigenvalue weighted by atomic mass is 10.0. The first-order valence-corrected chi connectivity index (χ1v) is 12.0. The lowest BCUT2D eigenvalue weighted by Gasteiger charge is -2.24. The first kappa shape index (κ1) is 22.3. The lowest BCUT2D eigenvalue weighted by Crippen LogP contribution is -2.36. The van der Waals surface area contributed by atoms with Crippen LogP contribution in [-0.4, -0.2) is 50.5 Å². The van der Waals surface area contributed by atoms with E-state index in [4.69, 9.17) is 4.74 Å². The molecule has 3 heterocycles. The van der Waals surface area contributed by atoms with Gasteiger partial charge in [-0.25, -0.2) is 14.8 Å². The van der Waals surface area contributed by atoms with Crippen molar-refractivity contribution in [1.82, 2.24) is 19.4 Å². The summed E-state index contributed by atoms with van der Waals surface area (Å²) < 4.78 is 7.27. The Bertz CT molecular complexity index is 1190. The summed E-state index contributed by atoms with van der Waals surface area (Å²) in [6.45, 7) is 7.25. The molecule has 0 bridgehead atoms. The van der Waals surface area contributed by atoms with Gasteiger partial charge in [0.15, 0.2) is 5.16 Å². The molecule has 0 N–H and O–H groups in total. The van der Waals surface area contributed by atoms with Crippen molar-refractivity contribution >= 4 is 28.9 Å². The third-order valence-corrected chi connectivity index (χ3v) is 6.01. The van der Waals surface area contributed by atoms with Crippen LogP contribution in [0.15, 0.2) is 52.5 Å². The molecule has 7 nitrogen and oxygen atoms in total. The number of pyridine rings is 1. The van der Waals surface area contributed by atoms with Gasteiger partial charge in [0.05, 0.1) is 0 Å². The van der Waals surface area contributed by atoms with Crippen molar-refractivity contribution in [2.45, 2.75) is 44.5 Å². The number of rotatable bonds is 4. The van der Waals surface area contributed by atoms with Crippen molar-refractivity contribution in [2.24, 2.45) is 5.92 Å². The van der Waals surface area contributed by atoms with Crippen molar-refractivity contribution in [1.29, 1.82) is 0 Å². The van der Waals surface area contributed by atoms with Gasteiger partial charge in [-0.15, -0.1) is 0 Å². The van der Waals surface area contributed by atoms with E-state index in [1.165, 1.54) is 11.8 Å². The van der Waals surface area contributed by atoms with Crippen LogP contribution >= 0.6 is 11.8 Å². The van der Waals surface area contributed by atoms with Crippen molar-refractivity contribution < 1.29 is 9.53 Å². The number of likely N-dealkylation sites (tertiary alicyclic amines) is 1. The SMILES string of the molecule is CSc1ncc2cc(-c3ccccc3)c(=O)n(CC3CCN(C(=O)OC(C)(C)C)C3)c2n1. The molecule has 0 spiro atoms. The second kappa shape index (κ2) is 8.94. The largest absolute Gasteiger partial charge is 0.444 e. The number of hydrogen-bond donors (Lipinski definition) is 0. The summed E-state index contributed by atoms with van der Waals surface area (Å²) in [7, 11) is 0. The summed E-state index contributed by atoms with van der Waals surface area (Å²) in [4.78, 5) is 36.8. The number of hydrogen-bond acceptors (Lipinski definition) is 6. The quantitative estimate of drug-likeness (QED) is 0.430. The third kappa shape index (κ3) is 4.80. The Morgan fingerprint density at radius 1 is 1.25 bits per heavy atom. The van der Waals surface area contributed by atoms with E-state index >= 15 is 0 Å². The highest BCUT2D eigenvalue weighted by atomic mass is 32.2. The summed E-state index contributed by atoms with van der Waals surface area (Å²) >= 11 is 1.44. The molecular formula is C24H28N4O3S. The van der Waals surface area contributed by atoms with Crippen molar-refractivity contribution in [3.63, 3.8) is 0 Å². The Balaban J connectivity index is 1.69. The van der Waals surface area contributed by atoms with E-state index in [0.717, 1.165) is 17.4 Å². The van der Waals surface area contributed by atoms with Crippen LogP contribution in [0.25, 0.3) is 22.2 Å². The fraction of sp³-hybridized carbons (Fsp3) is 0.417. The van der Waals surface area contributed by atoms with Gasteiger partial charge < -0.3 is 9.64 Å². The molecule has 1 fully saturated rings. The summed E-state index contributed by atoms with van der Waals surface area (Å²) in [6, 6.07) is 11.5. The first-order valence-electron chi connectivity index (χ1n) is 10.7. The number of nitrogens with zero attached hydrogens (tertiary/aromatic N) is 4. The van der Waals surface area contributed by atoms with Gasteiger partial charge in [0.2, 0.25) is 0 Å². The molecule has 0 radical (unpaired) electrons. The second-order valence-corrected chi connectivity index (χ2v) is 9.83. The average Bonchev–Trinajstić information content (AvgIpc) is 3.23. The molecule has 1 aromatic carbocycles. The zero-order valence-electron chi connectivity index (χ0n) is 18.9. The van der Waals surface area contributed by atoms with E-state index in [-0.39, 0.29) is 17.6 Å². The monoisotopic (exact) mass is 452 g/mol. The van der Waals surface area contributed by atoms with Gasteiger partial charge in [-0.3, -0.25) is 9.36 Å². The summed E-state index contributed by atoms with van der Waals surface area (Å²) in [5.41, 5.74) is 1.51. The van der Waals surface area contributed by atoms with E-state index in [1.807, 2.05) is 63.4 Å². The van der Waals surface area contributed by atoms with Crippen molar-refractivity contribution in [2.75, 3.05) is 19.3 Å². The predicted molar refractivity (Wildman–Crippen MR) is 127 cm³/mol. The number of ether oxygens (including phenoxy) is 1. The maximum absolute atomic E-state index is 13.6. The topological polar surface area (TPSA) is 77.3 Å². The standard InChI is InChI=1S/C24H28N4O3S/c1-24(2,3)31-23(30)27-11-10-16(14-27)15-28-20-18(13-25-22(26-20)32-4)12-19(21(28)29)17-8-6-5-7-9-17/h5-9,12-13,16H,10-11,14-15H2,1-4H3. The fourth-order valence-electron chi connectivity index (χ4n) is 3.97. The fourth-order valence-corrected chi connectivity index (χ4v) is 4.30. The molecular weight excluding hydrogens is 424 g/mol. The van der Waals surface area contributed by atoms with Gasteiger partial charge in [0.1, 0.15) is 11.2 Å². The maximum Gasteiger partial charge on any atom is 0.410 e. The number of thioether (sulfide) groups is 1. The van der Waals surface area contributed by atoms with Crippen molar-refractivity contribution in [3.8, 4) is 11.1 Å². The van der Waals surface area contributed by atoms with E-state index in [9.17, 15) is 9.59 Å². The Morgan fingerprint density at radius 3 is 2.69 bits per heavy atom. The first-order chi connectivity index (χ1) is 15.2. The number of carbonyl (C=O) groups excluding carboxylic acids is 1. The predicted octanol–water partition coefficient (Wildman–Crippen LogP) is 4.44. The highest BCUT2D eigenvalue weighted by molar-refractivity contribution is 7.98. The van der Waals surface area contributed by atoms with E-state index in [2.05, 4.69) is 9.97 Å². The highest BCUT2D eigenvalue weighted by Gasteiger charge is 2.30. The summed E-state index contributed by atoms with van der Waals surface area (Å²) in [5, 5.41) is 1.45. The van der Waals surface area contributed by atoms with E-state index in [0.29, 0.717) is 36.0 Å². The van der Waals surface area contributed by atoms with Crippen LogP contribution < -0.4 is 5.56 Å². The molecule has 32 heavy (non-hydrogen) atoms. The summed E-state index contributed by atoms with van der Waals surface area (Å²) in [6.07, 6.45) is 4.20.